The number of aryl methyl sites for hydroxylation is 2. The van der Waals surface area contributed by atoms with Crippen LogP contribution in [0.3, 0.4) is 0 Å². The van der Waals surface area contributed by atoms with Gasteiger partial charge in [0.05, 0.1) is 0 Å². The largest absolute Gasteiger partial charge is 0.508 e. The molecule has 1 N–H and O–H groups in total. The summed E-state index contributed by atoms with van der Waals surface area (Å²) in [5.74, 6) is 0.147. The summed E-state index contributed by atoms with van der Waals surface area (Å²) < 4.78 is 12.2. The predicted octanol–water partition coefficient (Wildman–Crippen LogP) is 6.34. The minimum absolute atomic E-state index is 0.0942. The van der Waals surface area contributed by atoms with Crippen molar-refractivity contribution in [1.29, 1.82) is 0 Å². The van der Waals surface area contributed by atoms with Crippen LogP contribution in [0.15, 0.2) is 73.3 Å². The van der Waals surface area contributed by atoms with Crippen LogP contribution in [0.4, 0.5) is 0 Å². The lowest BCUT2D eigenvalue weighted by Gasteiger charge is -2.13. The van der Waals surface area contributed by atoms with Crippen molar-refractivity contribution in [2.45, 2.75) is 13.8 Å². The van der Waals surface area contributed by atoms with Gasteiger partial charge in [-0.05, 0) is 55.3 Å². The first-order chi connectivity index (χ1) is 15.4. The van der Waals surface area contributed by atoms with Crippen molar-refractivity contribution < 1.29 is 24.2 Å². The maximum atomic E-state index is 13.6. The van der Waals surface area contributed by atoms with Gasteiger partial charge in [-0.2, -0.15) is 0 Å². The van der Waals surface area contributed by atoms with Crippen LogP contribution in [0.5, 0.6) is 23.0 Å². The molecular formula is C26H20O5S. The normalized spacial score (nSPS) is 10.7. The molecule has 32 heavy (non-hydrogen) atoms. The first-order valence-corrected chi connectivity index (χ1v) is 10.7. The van der Waals surface area contributed by atoms with Crippen LogP contribution in [0.25, 0.3) is 10.1 Å². The minimum atomic E-state index is -0.618. The van der Waals surface area contributed by atoms with Gasteiger partial charge in [0.15, 0.2) is 17.2 Å². The third-order valence-electron chi connectivity index (χ3n) is 4.98. The molecule has 0 aliphatic carbocycles. The SMILES string of the molecule is C=CC(=O)Oc1ccccc1Oc1c(C(=O)c2c(C)cccc2C)sc2cc(O)ccc12. The van der Waals surface area contributed by atoms with Crippen LogP contribution in [0.2, 0.25) is 0 Å². The first-order valence-electron chi connectivity index (χ1n) is 9.86. The molecule has 0 saturated heterocycles. The Balaban J connectivity index is 1.88. The van der Waals surface area contributed by atoms with Gasteiger partial charge in [0, 0.05) is 21.7 Å². The molecular weight excluding hydrogens is 424 g/mol. The van der Waals surface area contributed by atoms with Crippen LogP contribution >= 0.6 is 11.3 Å². The van der Waals surface area contributed by atoms with E-state index in [4.69, 9.17) is 9.47 Å². The Hall–Kier alpha value is -3.90. The molecule has 1 aromatic heterocycles. The average molecular weight is 445 g/mol. The number of para-hydroxylation sites is 2. The quantitative estimate of drug-likeness (QED) is 0.163. The summed E-state index contributed by atoms with van der Waals surface area (Å²) in [4.78, 5) is 25.8. The molecule has 0 unspecified atom stereocenters. The molecule has 0 fully saturated rings. The summed E-state index contributed by atoms with van der Waals surface area (Å²) in [6.07, 6.45) is 1.06. The minimum Gasteiger partial charge on any atom is -0.508 e. The molecule has 0 saturated carbocycles. The van der Waals surface area contributed by atoms with Crippen molar-refractivity contribution in [3.63, 3.8) is 0 Å². The number of hydrogen-bond acceptors (Lipinski definition) is 6. The summed E-state index contributed by atoms with van der Waals surface area (Å²) >= 11 is 1.24. The lowest BCUT2D eigenvalue weighted by molar-refractivity contribution is -0.129. The number of thiophene rings is 1. The smallest absolute Gasteiger partial charge is 0.335 e. The molecule has 1 heterocycles. The zero-order valence-electron chi connectivity index (χ0n) is 17.5. The van der Waals surface area contributed by atoms with Gasteiger partial charge in [0.1, 0.15) is 10.6 Å². The number of esters is 1. The molecule has 3 aromatic carbocycles. The summed E-state index contributed by atoms with van der Waals surface area (Å²) in [5, 5.41) is 10.6. The molecule has 0 radical (unpaired) electrons. The Labute approximate surface area is 189 Å². The molecule has 0 aliphatic heterocycles. The Morgan fingerprint density at radius 3 is 2.34 bits per heavy atom. The molecule has 0 spiro atoms. The van der Waals surface area contributed by atoms with Gasteiger partial charge in [-0.25, -0.2) is 4.79 Å². The van der Waals surface area contributed by atoms with Gasteiger partial charge in [-0.1, -0.05) is 36.9 Å². The molecule has 4 aromatic rings. The van der Waals surface area contributed by atoms with E-state index in [1.807, 2.05) is 32.0 Å². The zero-order valence-corrected chi connectivity index (χ0v) is 18.4. The van der Waals surface area contributed by atoms with E-state index in [2.05, 4.69) is 6.58 Å². The fourth-order valence-corrected chi connectivity index (χ4v) is 4.59. The summed E-state index contributed by atoms with van der Waals surface area (Å²) in [5.41, 5.74) is 2.34. The van der Waals surface area contributed by atoms with Crippen LogP contribution in [0.1, 0.15) is 26.4 Å². The maximum absolute atomic E-state index is 13.6. The van der Waals surface area contributed by atoms with Crippen molar-refractivity contribution in [3.8, 4) is 23.0 Å². The fourth-order valence-electron chi connectivity index (χ4n) is 3.48. The van der Waals surface area contributed by atoms with Crippen LogP contribution in [-0.4, -0.2) is 16.9 Å². The number of carbonyl (C=O) groups excluding carboxylic acids is 2. The van der Waals surface area contributed by atoms with E-state index in [0.717, 1.165) is 17.2 Å². The Kier molecular flexibility index (Phi) is 5.79. The van der Waals surface area contributed by atoms with Gasteiger partial charge in [0.2, 0.25) is 5.78 Å². The Morgan fingerprint density at radius 2 is 1.66 bits per heavy atom. The molecule has 0 aliphatic rings. The van der Waals surface area contributed by atoms with E-state index in [-0.39, 0.29) is 23.0 Å². The standard InChI is InChI=1S/C26H20O5S/c1-4-22(28)30-19-10-5-6-11-20(19)31-25-18-13-12-17(27)14-21(18)32-26(25)24(29)23-15(2)8-7-9-16(23)3/h4-14,27H,1H2,2-3H3. The van der Waals surface area contributed by atoms with Gasteiger partial charge in [0.25, 0.3) is 0 Å². The number of carbonyl (C=O) groups is 2. The topological polar surface area (TPSA) is 72.8 Å². The van der Waals surface area contributed by atoms with Crippen molar-refractivity contribution >= 4 is 33.2 Å². The third kappa shape index (κ3) is 4.00. The molecule has 0 bridgehead atoms. The molecule has 4 rings (SSSR count). The Bertz CT molecular complexity index is 1350. The van der Waals surface area contributed by atoms with Gasteiger partial charge in [-0.15, -0.1) is 11.3 Å². The van der Waals surface area contributed by atoms with E-state index in [1.165, 1.54) is 11.3 Å². The van der Waals surface area contributed by atoms with E-state index in [0.29, 0.717) is 26.3 Å². The van der Waals surface area contributed by atoms with Crippen molar-refractivity contribution in [3.05, 3.63) is 94.9 Å². The molecule has 160 valence electrons. The lowest BCUT2D eigenvalue weighted by Crippen LogP contribution is -2.07. The highest BCUT2D eigenvalue weighted by atomic mass is 32.1. The van der Waals surface area contributed by atoms with Crippen LogP contribution in [-0.2, 0) is 4.79 Å². The molecule has 6 heteroatoms. The van der Waals surface area contributed by atoms with E-state index < -0.39 is 5.97 Å². The Morgan fingerprint density at radius 1 is 0.969 bits per heavy atom. The van der Waals surface area contributed by atoms with Gasteiger partial charge in [-0.3, -0.25) is 4.79 Å². The molecule has 0 atom stereocenters. The number of ether oxygens (including phenoxy) is 2. The molecule has 5 nitrogen and oxygen atoms in total. The number of phenolic OH excluding ortho intramolecular Hbond substituents is 1. The fraction of sp³-hybridized carbons (Fsp3) is 0.0769. The van der Waals surface area contributed by atoms with Crippen LogP contribution < -0.4 is 9.47 Å². The number of benzene rings is 3. The number of fused-ring (bicyclic) bond motifs is 1. The second-order valence-electron chi connectivity index (χ2n) is 7.21. The van der Waals surface area contributed by atoms with Crippen LogP contribution in [0, 0.1) is 13.8 Å². The highest BCUT2D eigenvalue weighted by molar-refractivity contribution is 7.21. The van der Waals surface area contributed by atoms with Crippen molar-refractivity contribution in [2.75, 3.05) is 0 Å². The lowest BCUT2D eigenvalue weighted by atomic mass is 9.98. The van der Waals surface area contributed by atoms with E-state index in [9.17, 15) is 14.7 Å². The van der Waals surface area contributed by atoms with Gasteiger partial charge >= 0.3 is 5.97 Å². The second-order valence-corrected chi connectivity index (χ2v) is 8.26. The number of aromatic hydroxyl groups is 1. The molecule has 0 amide bonds. The summed E-state index contributed by atoms with van der Waals surface area (Å²) in [7, 11) is 0. The maximum Gasteiger partial charge on any atom is 0.335 e. The summed E-state index contributed by atoms with van der Waals surface area (Å²) in [6, 6.07) is 17.2. The highest BCUT2D eigenvalue weighted by Gasteiger charge is 2.25. The number of hydrogen-bond donors (Lipinski definition) is 1. The van der Waals surface area contributed by atoms with Crippen molar-refractivity contribution in [1.82, 2.24) is 0 Å². The van der Waals surface area contributed by atoms with Crippen molar-refractivity contribution in [2.24, 2.45) is 0 Å². The zero-order chi connectivity index (χ0) is 22.8. The van der Waals surface area contributed by atoms with Gasteiger partial charge < -0.3 is 14.6 Å². The highest BCUT2D eigenvalue weighted by Crippen LogP contribution is 2.44. The predicted molar refractivity (Wildman–Crippen MR) is 125 cm³/mol. The first kappa shape index (κ1) is 21.3. The average Bonchev–Trinajstić information content (AvgIpc) is 3.12. The second kappa shape index (κ2) is 8.69. The summed E-state index contributed by atoms with van der Waals surface area (Å²) in [6.45, 7) is 7.20. The van der Waals surface area contributed by atoms with E-state index >= 15 is 0 Å². The number of rotatable bonds is 6. The van der Waals surface area contributed by atoms with E-state index in [1.54, 1.807) is 42.5 Å². The number of ketones is 1. The third-order valence-corrected chi connectivity index (χ3v) is 6.11. The number of phenols is 1. The monoisotopic (exact) mass is 444 g/mol.